The van der Waals surface area contributed by atoms with E-state index in [0.29, 0.717) is 6.04 Å². The molecule has 296 valence electrons. The zero-order chi connectivity index (χ0) is 39.8. The molecule has 13 heteroatoms. The predicted octanol–water partition coefficient (Wildman–Crippen LogP) is 7.31. The summed E-state index contributed by atoms with van der Waals surface area (Å²) in [5.74, 6) is 9.85. The molecule has 0 bridgehead atoms. The van der Waals surface area contributed by atoms with E-state index >= 15 is 0 Å². The van der Waals surface area contributed by atoms with E-state index in [4.69, 9.17) is 4.74 Å². The number of carbonyl (C=O) groups is 3. The second-order valence-corrected chi connectivity index (χ2v) is 16.9. The summed E-state index contributed by atoms with van der Waals surface area (Å²) in [6.07, 6.45) is 8.81. The van der Waals surface area contributed by atoms with Crippen molar-refractivity contribution in [1.29, 1.82) is 0 Å². The van der Waals surface area contributed by atoms with Gasteiger partial charge < -0.3 is 15.6 Å². The summed E-state index contributed by atoms with van der Waals surface area (Å²) < 4.78 is 4.83. The number of rotatable bonds is 10. The van der Waals surface area contributed by atoms with Crippen molar-refractivity contribution in [3.05, 3.63) is 164 Å². The summed E-state index contributed by atoms with van der Waals surface area (Å²) in [5.41, 5.74) is 3.04. The molecule has 9 nitrogen and oxygen atoms in total. The van der Waals surface area contributed by atoms with Gasteiger partial charge in [-0.1, -0.05) is 109 Å². The van der Waals surface area contributed by atoms with Crippen LogP contribution < -0.4 is 33.0 Å². The standard InChI is InChI=1S/C20H17OP.C7H8N2S.C7H6OS.C5H4OS.C4H10O.H4N2.H2O/c21-16-17-22(18-10-4-1-5-11-18,19-12-6-2-7-13-19)20-14-8-3-9-15-20;1-2-7(10-5-1)6-3-4-8-9-6;8-5-1-3-7-4-2-6-9-7;6-4-5-2-1-3-7-5;1-3-5-4-2;1-2;/h1-17H;1-2,4-6,9H,3H2;1-6H;1-4H;3-4H2,1-2H3;1-2H2;1H2/b;;3-1+;;;;. The monoisotopic (exact) mass is 830 g/mol. The van der Waals surface area contributed by atoms with Crippen LogP contribution in [0.2, 0.25) is 0 Å². The number of nitrogens with two attached hydrogens (primary N) is 2. The number of nitrogens with one attached hydrogen (secondary N) is 1. The van der Waals surface area contributed by atoms with Gasteiger partial charge in [0, 0.05) is 35.6 Å². The third-order valence-corrected chi connectivity index (χ3v) is 13.8. The second-order valence-electron chi connectivity index (χ2n) is 10.7. The van der Waals surface area contributed by atoms with Crippen molar-refractivity contribution in [2.75, 3.05) is 13.2 Å². The lowest BCUT2D eigenvalue weighted by Crippen LogP contribution is -2.27. The maximum atomic E-state index is 11.5. The summed E-state index contributed by atoms with van der Waals surface area (Å²) >= 11 is 4.85. The largest absolute Gasteiger partial charge is 0.412 e. The Kier molecular flexibility index (Phi) is 27.5. The highest BCUT2D eigenvalue weighted by Crippen LogP contribution is 2.43. The van der Waals surface area contributed by atoms with Crippen molar-refractivity contribution < 1.29 is 24.6 Å². The second kappa shape index (κ2) is 31.3. The van der Waals surface area contributed by atoms with Crippen LogP contribution in [0, 0.1) is 0 Å². The fourth-order valence-electron chi connectivity index (χ4n) is 4.89. The summed E-state index contributed by atoms with van der Waals surface area (Å²) in [7, 11) is 0. The molecule has 0 spiro atoms. The number of hydrazine groups is 1. The summed E-state index contributed by atoms with van der Waals surface area (Å²) in [6, 6.07) is 43.2. The number of allylic oxidation sites excluding steroid dienone is 1. The van der Waals surface area contributed by atoms with Gasteiger partial charge in [-0.3, -0.25) is 26.1 Å². The number of hydrogen-bond donors (Lipinski definition) is 3. The molecule has 3 aromatic heterocycles. The molecule has 0 saturated carbocycles. The smallest absolute Gasteiger partial charge is 0.159 e. The van der Waals surface area contributed by atoms with Gasteiger partial charge in [-0.15, -0.1) is 34.0 Å². The van der Waals surface area contributed by atoms with Gasteiger partial charge >= 0.3 is 0 Å². The number of carbonyl (C=O) groups excluding carboxylic acids is 3. The fourth-order valence-corrected chi connectivity index (χ4v) is 10.4. The van der Waals surface area contributed by atoms with E-state index in [1.165, 1.54) is 38.2 Å². The Morgan fingerprint density at radius 3 is 1.48 bits per heavy atom. The first-order valence-corrected chi connectivity index (χ1v) is 21.8. The minimum atomic E-state index is -2.05. The Morgan fingerprint density at radius 2 is 1.16 bits per heavy atom. The Balaban J connectivity index is 0.000000385. The lowest BCUT2D eigenvalue weighted by Gasteiger charge is -2.27. The van der Waals surface area contributed by atoms with Crippen LogP contribution in [0.4, 0.5) is 0 Å². The van der Waals surface area contributed by atoms with Crippen LogP contribution in [0.3, 0.4) is 0 Å². The number of hydrogen-bond acceptors (Lipinski definition) is 11. The topological polar surface area (TPSA) is 168 Å². The molecular weight excluding hydrogens is 780 g/mol. The molecule has 7 N–H and O–H groups in total. The predicted molar refractivity (Wildman–Crippen MR) is 244 cm³/mol. The van der Waals surface area contributed by atoms with E-state index < -0.39 is 6.89 Å². The van der Waals surface area contributed by atoms with Gasteiger partial charge in [0.05, 0.1) is 10.9 Å². The molecule has 0 fully saturated rings. The van der Waals surface area contributed by atoms with E-state index in [0.717, 1.165) is 48.2 Å². The molecule has 4 heterocycles. The van der Waals surface area contributed by atoms with Crippen LogP contribution >= 0.6 is 40.9 Å². The molecule has 7 rings (SSSR count). The Labute approximate surface area is 342 Å². The molecular formula is C43H51N4O5PS3. The van der Waals surface area contributed by atoms with Gasteiger partial charge in [-0.05, 0) is 88.9 Å². The SMILES string of the molecule is C1=NNC(c2cccs2)C1.CCOCC.NN.O.O=C/C=C/c1cccs1.O=CC=P(c1ccccc1)(c1ccccc1)c1ccccc1.O=Cc1cccs1. The molecule has 1 atom stereocenters. The van der Waals surface area contributed by atoms with Crippen molar-refractivity contribution in [3.8, 4) is 0 Å². The summed E-state index contributed by atoms with van der Waals surface area (Å²) in [6.45, 7) is 3.62. The zero-order valence-electron chi connectivity index (χ0n) is 31.5. The molecule has 0 saturated heterocycles. The molecule has 1 aliphatic heterocycles. The Bertz CT molecular complexity index is 1830. The Hall–Kier alpha value is -4.88. The van der Waals surface area contributed by atoms with Gasteiger partial charge in [0.1, 0.15) is 12.6 Å². The first-order chi connectivity index (χ1) is 27.1. The van der Waals surface area contributed by atoms with Crippen molar-refractivity contribution in [3.63, 3.8) is 0 Å². The molecule has 1 unspecified atom stereocenters. The van der Waals surface area contributed by atoms with E-state index in [1.807, 2.05) is 109 Å². The molecule has 0 radical (unpaired) electrons. The van der Waals surface area contributed by atoms with Crippen LogP contribution in [0.5, 0.6) is 0 Å². The average Bonchev–Trinajstić information content (AvgIpc) is 4.11. The molecule has 0 aliphatic carbocycles. The van der Waals surface area contributed by atoms with Crippen LogP contribution in [-0.2, 0) is 14.3 Å². The molecule has 0 amide bonds. The van der Waals surface area contributed by atoms with Gasteiger partial charge in [-0.2, -0.15) is 5.10 Å². The quantitative estimate of drug-likeness (QED) is 0.0428. The minimum absolute atomic E-state index is 0. The molecule has 56 heavy (non-hydrogen) atoms. The lowest BCUT2D eigenvalue weighted by molar-refractivity contribution is -0.104. The lowest BCUT2D eigenvalue weighted by atomic mass is 10.2. The first kappa shape index (κ1) is 49.1. The zero-order valence-corrected chi connectivity index (χ0v) is 34.8. The van der Waals surface area contributed by atoms with Gasteiger partial charge in [0.15, 0.2) is 6.29 Å². The highest BCUT2D eigenvalue weighted by molar-refractivity contribution is 7.95. The minimum Gasteiger partial charge on any atom is -0.412 e. The third kappa shape index (κ3) is 17.3. The average molecular weight is 831 g/mol. The normalized spacial score (nSPS) is 12.0. The maximum Gasteiger partial charge on any atom is 0.159 e. The van der Waals surface area contributed by atoms with E-state index in [9.17, 15) is 14.4 Å². The highest BCUT2D eigenvalue weighted by atomic mass is 32.1. The van der Waals surface area contributed by atoms with E-state index in [2.05, 4.69) is 76.1 Å². The van der Waals surface area contributed by atoms with E-state index in [-0.39, 0.29) is 5.48 Å². The van der Waals surface area contributed by atoms with E-state index in [1.54, 1.807) is 34.8 Å². The number of benzene rings is 3. The molecule has 1 aliphatic rings. The van der Waals surface area contributed by atoms with Crippen molar-refractivity contribution in [2.24, 2.45) is 16.8 Å². The van der Waals surface area contributed by atoms with Gasteiger partial charge in [0.2, 0.25) is 0 Å². The molecule has 6 aromatic rings. The van der Waals surface area contributed by atoms with Crippen LogP contribution in [0.25, 0.3) is 6.08 Å². The van der Waals surface area contributed by atoms with Crippen LogP contribution in [-0.4, -0.2) is 49.6 Å². The number of thiophene rings is 3. The first-order valence-electron chi connectivity index (χ1n) is 17.3. The summed E-state index contributed by atoms with van der Waals surface area (Å²) in [5, 5.41) is 13.5. The van der Waals surface area contributed by atoms with Crippen LogP contribution in [0.1, 0.15) is 45.7 Å². The van der Waals surface area contributed by atoms with Crippen molar-refractivity contribution in [2.45, 2.75) is 26.3 Å². The van der Waals surface area contributed by atoms with Crippen molar-refractivity contribution in [1.82, 2.24) is 5.43 Å². The van der Waals surface area contributed by atoms with Gasteiger partial charge in [-0.25, -0.2) is 0 Å². The summed E-state index contributed by atoms with van der Waals surface area (Å²) in [4.78, 5) is 34.5. The number of ether oxygens (including phenoxy) is 1. The number of hydrazone groups is 1. The Morgan fingerprint density at radius 1 is 0.679 bits per heavy atom. The number of nitrogens with zero attached hydrogens (tertiary/aromatic N) is 1. The van der Waals surface area contributed by atoms with Crippen LogP contribution in [0.15, 0.2) is 155 Å². The highest BCUT2D eigenvalue weighted by Gasteiger charge is 2.24. The van der Waals surface area contributed by atoms with Gasteiger partial charge in [0.25, 0.3) is 0 Å². The molecule has 3 aromatic carbocycles. The third-order valence-electron chi connectivity index (χ3n) is 7.27. The van der Waals surface area contributed by atoms with Crippen molar-refractivity contribution >= 4 is 93.8 Å². The maximum absolute atomic E-state index is 11.5. The number of aldehydes is 3. The fraction of sp³-hybridized carbons (Fsp3) is 0.140.